The van der Waals surface area contributed by atoms with Crippen LogP contribution in [0.15, 0.2) is 24.3 Å². The molecule has 0 atom stereocenters. The summed E-state index contributed by atoms with van der Waals surface area (Å²) in [6.45, 7) is 4.55. The summed E-state index contributed by atoms with van der Waals surface area (Å²) in [6.07, 6.45) is 0.740. The number of nitrogens with zero attached hydrogens (tertiary/aromatic N) is 2. The number of rotatable bonds is 5. The number of amides is 1. The van der Waals surface area contributed by atoms with Gasteiger partial charge in [0.25, 0.3) is 0 Å². The second-order valence-corrected chi connectivity index (χ2v) is 7.92. The molecule has 1 aliphatic heterocycles. The van der Waals surface area contributed by atoms with E-state index in [0.29, 0.717) is 26.2 Å². The molecule has 1 fully saturated rings. The molecule has 128 valence electrons. The smallest absolute Gasteiger partial charge is 0.233 e. The average molecular weight is 339 g/mol. The van der Waals surface area contributed by atoms with Crippen molar-refractivity contribution in [3.05, 3.63) is 35.4 Å². The number of carbonyl (C=O) groups excluding carboxylic acids is 1. The molecule has 1 heterocycles. The van der Waals surface area contributed by atoms with Crippen molar-refractivity contribution in [2.45, 2.75) is 19.1 Å². The van der Waals surface area contributed by atoms with Crippen LogP contribution in [0.3, 0.4) is 0 Å². The molecule has 0 unspecified atom stereocenters. The van der Waals surface area contributed by atoms with E-state index in [4.69, 9.17) is 0 Å². The van der Waals surface area contributed by atoms with Gasteiger partial charge in [0.15, 0.2) is 0 Å². The fourth-order valence-electron chi connectivity index (χ4n) is 2.77. The van der Waals surface area contributed by atoms with Gasteiger partial charge >= 0.3 is 0 Å². The summed E-state index contributed by atoms with van der Waals surface area (Å²) in [5, 5.41) is 2.60. The maximum atomic E-state index is 12.6. The van der Waals surface area contributed by atoms with Crippen molar-refractivity contribution in [1.29, 1.82) is 0 Å². The maximum Gasteiger partial charge on any atom is 0.233 e. The standard InChI is InChI=1S/C16H25N3O3S/c1-14-5-3-6-15(11-14)13-23(21,22)19-8-4-7-18(9-10-19)12-16(20)17-2/h3,5-6,11H,4,7-10,12-13H2,1-2H3,(H,17,20). The molecular formula is C16H25N3O3S. The van der Waals surface area contributed by atoms with E-state index in [1.165, 1.54) is 0 Å². The largest absolute Gasteiger partial charge is 0.358 e. The van der Waals surface area contributed by atoms with Crippen LogP contribution in [0.1, 0.15) is 17.5 Å². The van der Waals surface area contributed by atoms with Crippen molar-refractivity contribution in [2.75, 3.05) is 39.8 Å². The second kappa shape index (κ2) is 7.90. The fourth-order valence-corrected chi connectivity index (χ4v) is 4.32. The van der Waals surface area contributed by atoms with E-state index in [2.05, 4.69) is 5.32 Å². The van der Waals surface area contributed by atoms with Crippen molar-refractivity contribution >= 4 is 15.9 Å². The minimum absolute atomic E-state index is 0.0319. The number of likely N-dealkylation sites (N-methyl/N-ethyl adjacent to an activating group) is 1. The third kappa shape index (κ3) is 5.30. The fraction of sp³-hybridized carbons (Fsp3) is 0.562. The van der Waals surface area contributed by atoms with E-state index in [1.807, 2.05) is 36.1 Å². The molecule has 0 bridgehead atoms. The Kier molecular flexibility index (Phi) is 6.15. The average Bonchev–Trinajstić information content (AvgIpc) is 2.73. The number of aryl methyl sites for hydroxylation is 1. The minimum atomic E-state index is -3.33. The van der Waals surface area contributed by atoms with E-state index in [0.717, 1.165) is 24.1 Å². The highest BCUT2D eigenvalue weighted by molar-refractivity contribution is 7.88. The van der Waals surface area contributed by atoms with Gasteiger partial charge in [0.1, 0.15) is 0 Å². The van der Waals surface area contributed by atoms with Gasteiger partial charge in [0.05, 0.1) is 12.3 Å². The van der Waals surface area contributed by atoms with Crippen LogP contribution in [0.25, 0.3) is 0 Å². The van der Waals surface area contributed by atoms with E-state index in [9.17, 15) is 13.2 Å². The molecule has 0 saturated carbocycles. The SMILES string of the molecule is CNC(=O)CN1CCCN(S(=O)(=O)Cc2cccc(C)c2)CC1. The Morgan fingerprint density at radius 1 is 1.22 bits per heavy atom. The van der Waals surface area contributed by atoms with Crippen LogP contribution in [0.4, 0.5) is 0 Å². The first kappa shape index (κ1) is 17.9. The molecule has 2 rings (SSSR count). The van der Waals surface area contributed by atoms with Crippen LogP contribution in [0.2, 0.25) is 0 Å². The van der Waals surface area contributed by atoms with Gasteiger partial charge in [-0.25, -0.2) is 12.7 Å². The predicted molar refractivity (Wildman–Crippen MR) is 90.5 cm³/mol. The van der Waals surface area contributed by atoms with Gasteiger partial charge < -0.3 is 5.32 Å². The number of benzene rings is 1. The Bertz CT molecular complexity index is 646. The summed E-state index contributed by atoms with van der Waals surface area (Å²) in [4.78, 5) is 13.5. The Labute approximate surface area is 138 Å². The summed E-state index contributed by atoms with van der Waals surface area (Å²) >= 11 is 0. The van der Waals surface area contributed by atoms with Crippen molar-refractivity contribution in [3.63, 3.8) is 0 Å². The normalized spacial score (nSPS) is 17.7. The van der Waals surface area contributed by atoms with Gasteiger partial charge in [-0.3, -0.25) is 9.69 Å². The summed E-state index contributed by atoms with van der Waals surface area (Å²) in [5.41, 5.74) is 1.88. The first-order valence-corrected chi connectivity index (χ1v) is 9.48. The molecular weight excluding hydrogens is 314 g/mol. The third-order valence-corrected chi connectivity index (χ3v) is 5.87. The van der Waals surface area contributed by atoms with E-state index < -0.39 is 10.0 Å². The molecule has 0 spiro atoms. The zero-order valence-corrected chi connectivity index (χ0v) is 14.6. The third-order valence-electron chi connectivity index (χ3n) is 4.02. The molecule has 1 saturated heterocycles. The Balaban J connectivity index is 1.99. The summed E-state index contributed by atoms with van der Waals surface area (Å²) in [7, 11) is -1.72. The summed E-state index contributed by atoms with van der Waals surface area (Å²) in [5.74, 6) is -0.00881. The molecule has 0 aliphatic carbocycles. The second-order valence-electron chi connectivity index (χ2n) is 5.95. The Morgan fingerprint density at radius 2 is 2.00 bits per heavy atom. The number of carbonyl (C=O) groups is 1. The highest BCUT2D eigenvalue weighted by Gasteiger charge is 2.25. The Hall–Kier alpha value is -1.44. The van der Waals surface area contributed by atoms with Gasteiger partial charge in [-0.1, -0.05) is 29.8 Å². The number of sulfonamides is 1. The van der Waals surface area contributed by atoms with Gasteiger partial charge in [0.2, 0.25) is 15.9 Å². The highest BCUT2D eigenvalue weighted by atomic mass is 32.2. The van der Waals surface area contributed by atoms with E-state index in [-0.39, 0.29) is 11.7 Å². The van der Waals surface area contributed by atoms with Crippen LogP contribution in [0.5, 0.6) is 0 Å². The molecule has 1 aromatic rings. The molecule has 23 heavy (non-hydrogen) atoms. The molecule has 6 nitrogen and oxygen atoms in total. The van der Waals surface area contributed by atoms with Gasteiger partial charge in [0, 0.05) is 26.7 Å². The lowest BCUT2D eigenvalue weighted by Crippen LogP contribution is -2.39. The predicted octanol–water partition coefficient (Wildman–Crippen LogP) is 0.579. The van der Waals surface area contributed by atoms with Crippen molar-refractivity contribution in [3.8, 4) is 0 Å². The monoisotopic (exact) mass is 339 g/mol. The van der Waals surface area contributed by atoms with E-state index >= 15 is 0 Å². The zero-order valence-electron chi connectivity index (χ0n) is 13.8. The molecule has 0 radical (unpaired) electrons. The van der Waals surface area contributed by atoms with Crippen molar-refractivity contribution in [2.24, 2.45) is 0 Å². The van der Waals surface area contributed by atoms with Crippen molar-refractivity contribution in [1.82, 2.24) is 14.5 Å². The molecule has 7 heteroatoms. The number of nitrogens with one attached hydrogen (secondary N) is 1. The Morgan fingerprint density at radius 3 is 2.70 bits per heavy atom. The lowest BCUT2D eigenvalue weighted by Gasteiger charge is -2.21. The maximum absolute atomic E-state index is 12.6. The zero-order chi connectivity index (χ0) is 16.9. The molecule has 1 aliphatic rings. The lowest BCUT2D eigenvalue weighted by molar-refractivity contribution is -0.121. The first-order chi connectivity index (χ1) is 10.9. The number of hydrogen-bond acceptors (Lipinski definition) is 4. The summed E-state index contributed by atoms with van der Waals surface area (Å²) in [6, 6.07) is 7.60. The quantitative estimate of drug-likeness (QED) is 0.852. The molecule has 1 aromatic carbocycles. The number of hydrogen-bond donors (Lipinski definition) is 1. The molecule has 1 N–H and O–H groups in total. The minimum Gasteiger partial charge on any atom is -0.358 e. The lowest BCUT2D eigenvalue weighted by atomic mass is 10.2. The molecule has 1 amide bonds. The first-order valence-electron chi connectivity index (χ1n) is 7.87. The van der Waals surface area contributed by atoms with E-state index in [1.54, 1.807) is 11.4 Å². The van der Waals surface area contributed by atoms with Gasteiger partial charge in [-0.15, -0.1) is 0 Å². The summed E-state index contributed by atoms with van der Waals surface area (Å²) < 4.78 is 26.8. The van der Waals surface area contributed by atoms with Crippen LogP contribution >= 0.6 is 0 Å². The topological polar surface area (TPSA) is 69.7 Å². The van der Waals surface area contributed by atoms with Crippen LogP contribution in [-0.4, -0.2) is 63.3 Å². The van der Waals surface area contributed by atoms with Gasteiger partial charge in [-0.05, 0) is 25.5 Å². The van der Waals surface area contributed by atoms with Crippen LogP contribution < -0.4 is 5.32 Å². The van der Waals surface area contributed by atoms with Crippen LogP contribution in [0, 0.1) is 6.92 Å². The van der Waals surface area contributed by atoms with Gasteiger partial charge in [-0.2, -0.15) is 0 Å². The van der Waals surface area contributed by atoms with Crippen molar-refractivity contribution < 1.29 is 13.2 Å². The van der Waals surface area contributed by atoms with Crippen LogP contribution in [-0.2, 0) is 20.6 Å². The highest BCUT2D eigenvalue weighted by Crippen LogP contribution is 2.15. The molecule has 0 aromatic heterocycles.